The zero-order chi connectivity index (χ0) is 18.0. The minimum atomic E-state index is -0.226. The number of rotatable bonds is 5. The number of hydrogen-bond donors (Lipinski definition) is 1. The fourth-order valence-corrected chi connectivity index (χ4v) is 2.78. The van der Waals surface area contributed by atoms with Crippen molar-refractivity contribution >= 4 is 16.8 Å². The second kappa shape index (κ2) is 6.80. The van der Waals surface area contributed by atoms with Crippen LogP contribution in [-0.2, 0) is 24.9 Å². The maximum Gasteiger partial charge on any atom is 0.277 e. The molecule has 1 aromatic carbocycles. The largest absolute Gasteiger partial charge is 0.497 e. The molecule has 2 heterocycles. The molecule has 3 aromatic rings. The van der Waals surface area contributed by atoms with Crippen molar-refractivity contribution in [2.45, 2.75) is 20.0 Å². The number of pyridine rings is 1. The summed E-state index contributed by atoms with van der Waals surface area (Å²) >= 11 is 0. The van der Waals surface area contributed by atoms with Crippen LogP contribution in [0, 0.1) is 6.92 Å². The fourth-order valence-electron chi connectivity index (χ4n) is 2.78. The molecule has 0 unspecified atom stereocenters. The number of hydrogen-bond acceptors (Lipinski definition) is 4. The minimum absolute atomic E-state index is 0.0326. The number of carbonyl (C=O) groups excluding carboxylic acids is 1. The number of ether oxygens (including phenoxy) is 1. The molecule has 0 spiro atoms. The number of aromatic nitrogens is 3. The minimum Gasteiger partial charge on any atom is -0.497 e. The Balaban J connectivity index is 1.70. The van der Waals surface area contributed by atoms with Gasteiger partial charge in [0.25, 0.3) is 5.56 Å². The highest BCUT2D eigenvalue weighted by molar-refractivity contribution is 5.81. The highest BCUT2D eigenvalue weighted by Crippen LogP contribution is 2.13. The normalized spacial score (nSPS) is 10.8. The number of aryl methyl sites for hydroxylation is 2. The van der Waals surface area contributed by atoms with Gasteiger partial charge in [-0.1, -0.05) is 12.1 Å². The van der Waals surface area contributed by atoms with Crippen LogP contribution in [0.5, 0.6) is 5.75 Å². The van der Waals surface area contributed by atoms with Gasteiger partial charge in [0.1, 0.15) is 17.8 Å². The van der Waals surface area contributed by atoms with E-state index in [1.165, 1.54) is 4.57 Å². The van der Waals surface area contributed by atoms with Crippen molar-refractivity contribution in [3.8, 4) is 5.75 Å². The summed E-state index contributed by atoms with van der Waals surface area (Å²) in [5.74, 6) is 0.539. The molecule has 1 N–H and O–H groups in total. The number of fused-ring (bicyclic) bond motifs is 1. The topological polar surface area (TPSA) is 78.2 Å². The lowest BCUT2D eigenvalue weighted by molar-refractivity contribution is -0.121. The molecular weight excluding hydrogens is 320 g/mol. The summed E-state index contributed by atoms with van der Waals surface area (Å²) in [7, 11) is 3.33. The smallest absolute Gasteiger partial charge is 0.277 e. The van der Waals surface area contributed by atoms with Crippen molar-refractivity contribution in [2.75, 3.05) is 7.11 Å². The fraction of sp³-hybridized carbons (Fsp3) is 0.278. The Morgan fingerprint density at radius 1 is 1.24 bits per heavy atom. The van der Waals surface area contributed by atoms with Crippen LogP contribution in [0.3, 0.4) is 0 Å². The number of nitrogens with zero attached hydrogens (tertiary/aromatic N) is 3. The molecule has 0 saturated heterocycles. The molecule has 0 aliphatic carbocycles. The van der Waals surface area contributed by atoms with E-state index in [0.29, 0.717) is 12.1 Å². The van der Waals surface area contributed by atoms with Crippen molar-refractivity contribution in [2.24, 2.45) is 7.05 Å². The highest BCUT2D eigenvalue weighted by atomic mass is 16.5. The molecule has 3 rings (SSSR count). The molecule has 0 saturated carbocycles. The average molecular weight is 340 g/mol. The van der Waals surface area contributed by atoms with Crippen LogP contribution >= 0.6 is 0 Å². The lowest BCUT2D eigenvalue weighted by atomic mass is 10.2. The number of carbonyl (C=O) groups is 1. The van der Waals surface area contributed by atoms with E-state index in [1.807, 2.05) is 37.3 Å². The summed E-state index contributed by atoms with van der Waals surface area (Å²) in [6, 6.07) is 9.26. The first-order valence-electron chi connectivity index (χ1n) is 7.92. The van der Waals surface area contributed by atoms with Crippen LogP contribution in [0.1, 0.15) is 11.3 Å². The van der Waals surface area contributed by atoms with Crippen molar-refractivity contribution in [1.82, 2.24) is 19.7 Å². The third-order valence-corrected chi connectivity index (χ3v) is 4.12. The second-order valence-electron chi connectivity index (χ2n) is 5.84. The Bertz CT molecular complexity index is 970. The molecule has 0 atom stereocenters. The van der Waals surface area contributed by atoms with E-state index in [9.17, 15) is 9.59 Å². The Hall–Kier alpha value is -3.09. The molecule has 0 aliphatic heterocycles. The first kappa shape index (κ1) is 16.8. The van der Waals surface area contributed by atoms with Gasteiger partial charge in [0, 0.05) is 25.2 Å². The summed E-state index contributed by atoms with van der Waals surface area (Å²) in [6.07, 6.45) is 1.63. The molecule has 7 heteroatoms. The molecular formula is C18H20N4O3. The molecule has 0 bridgehead atoms. The van der Waals surface area contributed by atoms with Gasteiger partial charge in [-0.15, -0.1) is 0 Å². The summed E-state index contributed by atoms with van der Waals surface area (Å²) in [5.41, 5.74) is 2.04. The van der Waals surface area contributed by atoms with Gasteiger partial charge < -0.3 is 14.6 Å². The Kier molecular flexibility index (Phi) is 4.56. The van der Waals surface area contributed by atoms with Crippen molar-refractivity contribution in [3.63, 3.8) is 0 Å². The third-order valence-electron chi connectivity index (χ3n) is 4.12. The molecule has 2 aromatic heterocycles. The van der Waals surface area contributed by atoms with Crippen LogP contribution in [0.25, 0.3) is 10.9 Å². The van der Waals surface area contributed by atoms with Crippen LogP contribution in [-0.4, -0.2) is 27.4 Å². The van der Waals surface area contributed by atoms with Crippen LogP contribution in [0.15, 0.2) is 41.3 Å². The van der Waals surface area contributed by atoms with Gasteiger partial charge in [0.2, 0.25) is 5.91 Å². The SMILES string of the molecule is COc1ccc(CNC(=O)Cn2ccc3c(C)nn(C)c3c2=O)cc1. The number of benzene rings is 1. The highest BCUT2D eigenvalue weighted by Gasteiger charge is 2.12. The number of amides is 1. The quantitative estimate of drug-likeness (QED) is 0.761. The zero-order valence-electron chi connectivity index (χ0n) is 14.4. The summed E-state index contributed by atoms with van der Waals surface area (Å²) in [6.45, 7) is 2.22. The van der Waals surface area contributed by atoms with Gasteiger partial charge >= 0.3 is 0 Å². The van der Waals surface area contributed by atoms with Crippen LogP contribution in [0.4, 0.5) is 0 Å². The van der Waals surface area contributed by atoms with Gasteiger partial charge in [-0.2, -0.15) is 5.10 Å². The van der Waals surface area contributed by atoms with Gasteiger partial charge in [-0.3, -0.25) is 14.3 Å². The van der Waals surface area contributed by atoms with Crippen LogP contribution in [0.2, 0.25) is 0 Å². The number of nitrogens with one attached hydrogen (secondary N) is 1. The average Bonchev–Trinajstić information content (AvgIpc) is 2.90. The van der Waals surface area contributed by atoms with E-state index in [1.54, 1.807) is 25.0 Å². The maximum absolute atomic E-state index is 12.6. The van der Waals surface area contributed by atoms with E-state index in [4.69, 9.17) is 4.74 Å². The maximum atomic E-state index is 12.6. The van der Waals surface area contributed by atoms with E-state index in [-0.39, 0.29) is 18.0 Å². The first-order chi connectivity index (χ1) is 12.0. The summed E-state index contributed by atoms with van der Waals surface area (Å²) in [4.78, 5) is 24.7. The molecule has 7 nitrogen and oxygen atoms in total. The second-order valence-corrected chi connectivity index (χ2v) is 5.84. The Morgan fingerprint density at radius 2 is 1.96 bits per heavy atom. The molecule has 0 radical (unpaired) electrons. The third kappa shape index (κ3) is 3.40. The first-order valence-corrected chi connectivity index (χ1v) is 7.92. The molecule has 0 fully saturated rings. The molecule has 25 heavy (non-hydrogen) atoms. The lowest BCUT2D eigenvalue weighted by Crippen LogP contribution is -2.32. The zero-order valence-corrected chi connectivity index (χ0v) is 14.4. The van der Waals surface area contributed by atoms with Gasteiger partial charge in [-0.05, 0) is 30.7 Å². The molecule has 130 valence electrons. The van der Waals surface area contributed by atoms with Crippen LogP contribution < -0.4 is 15.6 Å². The van der Waals surface area contributed by atoms with E-state index in [2.05, 4.69) is 10.4 Å². The monoisotopic (exact) mass is 340 g/mol. The standard InChI is InChI=1S/C18H20N4O3/c1-12-15-8-9-22(18(24)17(15)21(2)20-12)11-16(23)19-10-13-4-6-14(25-3)7-5-13/h4-9H,10-11H2,1-3H3,(H,19,23). The van der Waals surface area contributed by atoms with Crippen molar-refractivity contribution in [3.05, 3.63) is 58.1 Å². The van der Waals surface area contributed by atoms with Crippen molar-refractivity contribution in [1.29, 1.82) is 0 Å². The predicted octanol–water partition coefficient (Wildman–Crippen LogP) is 1.37. The lowest BCUT2D eigenvalue weighted by Gasteiger charge is -2.08. The van der Waals surface area contributed by atoms with E-state index < -0.39 is 0 Å². The van der Waals surface area contributed by atoms with E-state index >= 15 is 0 Å². The summed E-state index contributed by atoms with van der Waals surface area (Å²) < 4.78 is 8.05. The van der Waals surface area contributed by atoms with Crippen molar-refractivity contribution < 1.29 is 9.53 Å². The predicted molar refractivity (Wildman–Crippen MR) is 94.6 cm³/mol. The molecule has 0 aliphatic rings. The van der Waals surface area contributed by atoms with Gasteiger partial charge in [0.05, 0.1) is 12.8 Å². The van der Waals surface area contributed by atoms with E-state index in [0.717, 1.165) is 22.4 Å². The number of methoxy groups -OCH3 is 1. The van der Waals surface area contributed by atoms with Gasteiger partial charge in [0.15, 0.2) is 0 Å². The Labute approximate surface area is 144 Å². The van der Waals surface area contributed by atoms with Gasteiger partial charge in [-0.25, -0.2) is 0 Å². The molecule has 1 amide bonds. The Morgan fingerprint density at radius 3 is 2.64 bits per heavy atom. The summed E-state index contributed by atoms with van der Waals surface area (Å²) in [5, 5.41) is 7.88.